The van der Waals surface area contributed by atoms with Crippen molar-refractivity contribution < 1.29 is 29.1 Å². The van der Waals surface area contributed by atoms with Crippen LogP contribution in [0.3, 0.4) is 0 Å². The largest absolute Gasteiger partial charge is 0.394 e. The molecule has 0 spiro atoms. The Morgan fingerprint density at radius 2 is 1.57 bits per heavy atom. The Balaban J connectivity index is 1.92. The van der Waals surface area contributed by atoms with Crippen molar-refractivity contribution in [1.29, 1.82) is 0 Å². The Kier molecular flexibility index (Phi) is 8.80. The Bertz CT molecular complexity index is 955. The normalized spacial score (nSPS) is 29.1. The number of amides is 5. The molecule has 2 aliphatic heterocycles. The van der Waals surface area contributed by atoms with Crippen molar-refractivity contribution in [3.8, 4) is 0 Å². The molecule has 2 saturated heterocycles. The van der Waals surface area contributed by atoms with E-state index in [9.17, 15) is 29.1 Å². The summed E-state index contributed by atoms with van der Waals surface area (Å²) in [6.45, 7) is 2.96. The predicted octanol–water partition coefficient (Wildman–Crippen LogP) is -0.885. The van der Waals surface area contributed by atoms with Crippen LogP contribution in [0.5, 0.6) is 0 Å². The van der Waals surface area contributed by atoms with Crippen molar-refractivity contribution in [2.45, 2.75) is 69.7 Å². The molecule has 1 aromatic carbocycles. The van der Waals surface area contributed by atoms with Crippen molar-refractivity contribution in [2.24, 2.45) is 0 Å². The SMILES string of the molecule is CC[C@H]1NC(=O)[C@@H]2CCCN2C(=O)[C@H](C)NC(=O)C[C@H](c2ccccc2)NC(=O)[C@H](CO)NC1=O. The molecule has 5 atom stereocenters. The molecule has 2 fully saturated rings. The number of nitrogens with zero attached hydrogens (tertiary/aromatic N) is 1. The van der Waals surface area contributed by atoms with E-state index in [0.29, 0.717) is 24.9 Å². The minimum Gasteiger partial charge on any atom is -0.394 e. The third-order valence-electron chi connectivity index (χ3n) is 6.35. The van der Waals surface area contributed by atoms with Crippen LogP contribution in [-0.2, 0) is 24.0 Å². The molecule has 35 heavy (non-hydrogen) atoms. The molecule has 0 aromatic heterocycles. The molecular weight excluding hydrogens is 454 g/mol. The first kappa shape index (κ1) is 26.1. The van der Waals surface area contributed by atoms with Crippen molar-refractivity contribution in [1.82, 2.24) is 26.2 Å². The summed E-state index contributed by atoms with van der Waals surface area (Å²) < 4.78 is 0. The number of hydrogen-bond donors (Lipinski definition) is 5. The van der Waals surface area contributed by atoms with Gasteiger partial charge in [0, 0.05) is 6.54 Å². The summed E-state index contributed by atoms with van der Waals surface area (Å²) >= 11 is 0. The van der Waals surface area contributed by atoms with E-state index in [1.54, 1.807) is 44.2 Å². The highest BCUT2D eigenvalue weighted by molar-refractivity contribution is 5.96. The summed E-state index contributed by atoms with van der Waals surface area (Å²) in [4.78, 5) is 66.0. The quantitative estimate of drug-likeness (QED) is 0.373. The fourth-order valence-electron chi connectivity index (χ4n) is 4.40. The topological polar surface area (TPSA) is 157 Å². The van der Waals surface area contributed by atoms with Crippen LogP contribution in [0.15, 0.2) is 30.3 Å². The van der Waals surface area contributed by atoms with Gasteiger partial charge in [-0.3, -0.25) is 24.0 Å². The molecule has 0 saturated carbocycles. The van der Waals surface area contributed by atoms with E-state index in [1.807, 2.05) is 0 Å². The highest BCUT2D eigenvalue weighted by atomic mass is 16.3. The molecule has 11 heteroatoms. The maximum absolute atomic E-state index is 13.1. The van der Waals surface area contributed by atoms with Crippen LogP contribution in [0.1, 0.15) is 51.1 Å². The second kappa shape index (κ2) is 11.8. The molecule has 0 bridgehead atoms. The lowest BCUT2D eigenvalue weighted by atomic mass is 10.0. The number of aliphatic hydroxyl groups is 1. The fraction of sp³-hybridized carbons (Fsp3) is 0.542. The Morgan fingerprint density at radius 1 is 0.914 bits per heavy atom. The van der Waals surface area contributed by atoms with E-state index in [1.165, 1.54) is 4.90 Å². The van der Waals surface area contributed by atoms with Crippen LogP contribution >= 0.6 is 0 Å². The number of carbonyl (C=O) groups excluding carboxylic acids is 5. The van der Waals surface area contributed by atoms with Crippen molar-refractivity contribution in [3.63, 3.8) is 0 Å². The number of aliphatic hydroxyl groups excluding tert-OH is 1. The first-order chi connectivity index (χ1) is 16.7. The fourth-order valence-corrected chi connectivity index (χ4v) is 4.40. The zero-order valence-corrected chi connectivity index (χ0v) is 20.0. The van der Waals surface area contributed by atoms with Gasteiger partial charge in [-0.25, -0.2) is 0 Å². The van der Waals surface area contributed by atoms with Gasteiger partial charge in [0.15, 0.2) is 0 Å². The molecule has 1 aromatic rings. The van der Waals surface area contributed by atoms with Crippen LogP contribution < -0.4 is 21.3 Å². The first-order valence-corrected chi connectivity index (χ1v) is 11.9. The standard InChI is InChI=1S/C24H33N5O6/c1-3-16-21(32)28-18(13-30)22(33)27-17(15-8-5-4-6-9-15)12-20(31)25-14(2)24(35)29-11-7-10-19(29)23(34)26-16/h4-6,8-9,14,16-19,30H,3,7,10-13H2,1-2H3,(H,25,31)(H,26,34)(H,27,33)(H,28,32)/t14-,16+,17+,18-,19-/m0/s1. The van der Waals surface area contributed by atoms with Crippen molar-refractivity contribution in [3.05, 3.63) is 35.9 Å². The molecule has 3 rings (SSSR count). The Hall–Kier alpha value is -3.47. The van der Waals surface area contributed by atoms with Gasteiger partial charge in [-0.2, -0.15) is 0 Å². The molecule has 5 N–H and O–H groups in total. The van der Waals surface area contributed by atoms with Gasteiger partial charge in [-0.15, -0.1) is 0 Å². The van der Waals surface area contributed by atoms with E-state index in [-0.39, 0.29) is 18.7 Å². The Labute approximate surface area is 204 Å². The number of rotatable bonds is 3. The second-order valence-corrected chi connectivity index (χ2v) is 8.87. The molecule has 11 nitrogen and oxygen atoms in total. The minimum absolute atomic E-state index is 0.166. The first-order valence-electron chi connectivity index (χ1n) is 11.9. The smallest absolute Gasteiger partial charge is 0.245 e. The van der Waals surface area contributed by atoms with Crippen molar-refractivity contribution >= 4 is 29.5 Å². The third-order valence-corrected chi connectivity index (χ3v) is 6.35. The van der Waals surface area contributed by atoms with E-state index < -0.39 is 60.4 Å². The summed E-state index contributed by atoms with van der Waals surface area (Å²) in [6, 6.07) is 4.18. The number of carbonyl (C=O) groups is 5. The van der Waals surface area contributed by atoms with Crippen LogP contribution in [0, 0.1) is 0 Å². The molecule has 0 aliphatic carbocycles. The lowest BCUT2D eigenvalue weighted by Gasteiger charge is -2.30. The molecule has 5 amide bonds. The highest BCUT2D eigenvalue weighted by Crippen LogP contribution is 2.20. The predicted molar refractivity (Wildman–Crippen MR) is 126 cm³/mol. The summed E-state index contributed by atoms with van der Waals surface area (Å²) in [7, 11) is 0. The van der Waals surface area contributed by atoms with Gasteiger partial charge in [0.1, 0.15) is 24.2 Å². The van der Waals surface area contributed by atoms with Gasteiger partial charge >= 0.3 is 0 Å². The lowest BCUT2D eigenvalue weighted by molar-refractivity contribution is -0.142. The number of nitrogens with one attached hydrogen (secondary N) is 4. The van der Waals surface area contributed by atoms with Gasteiger partial charge in [0.05, 0.1) is 19.1 Å². The lowest BCUT2D eigenvalue weighted by Crippen LogP contribution is -2.58. The molecule has 190 valence electrons. The number of hydrogen-bond acceptors (Lipinski definition) is 6. The van der Waals surface area contributed by atoms with E-state index in [0.717, 1.165) is 0 Å². The van der Waals surface area contributed by atoms with Gasteiger partial charge < -0.3 is 31.3 Å². The van der Waals surface area contributed by atoms with Crippen LogP contribution in [0.25, 0.3) is 0 Å². The average Bonchev–Trinajstić information content (AvgIpc) is 3.34. The van der Waals surface area contributed by atoms with Crippen molar-refractivity contribution in [2.75, 3.05) is 13.2 Å². The molecule has 0 unspecified atom stereocenters. The Morgan fingerprint density at radius 3 is 2.23 bits per heavy atom. The minimum atomic E-state index is -1.28. The summed E-state index contributed by atoms with van der Waals surface area (Å²) in [5.74, 6) is -2.64. The van der Waals surface area contributed by atoms with Gasteiger partial charge in [-0.1, -0.05) is 37.3 Å². The highest BCUT2D eigenvalue weighted by Gasteiger charge is 2.38. The molecule has 2 heterocycles. The van der Waals surface area contributed by atoms with Crippen LogP contribution in [-0.4, -0.2) is 76.9 Å². The zero-order chi connectivity index (χ0) is 25.5. The van der Waals surface area contributed by atoms with Gasteiger partial charge in [0.25, 0.3) is 0 Å². The average molecular weight is 488 g/mol. The maximum atomic E-state index is 13.1. The third kappa shape index (κ3) is 6.36. The van der Waals surface area contributed by atoms with Gasteiger partial charge in [0.2, 0.25) is 29.5 Å². The van der Waals surface area contributed by atoms with E-state index >= 15 is 0 Å². The number of benzene rings is 1. The zero-order valence-electron chi connectivity index (χ0n) is 20.0. The summed E-state index contributed by atoms with van der Waals surface area (Å²) in [5, 5.41) is 20.3. The summed E-state index contributed by atoms with van der Waals surface area (Å²) in [6.07, 6.45) is 1.14. The van der Waals surface area contributed by atoms with E-state index in [4.69, 9.17) is 0 Å². The van der Waals surface area contributed by atoms with Crippen LogP contribution in [0.2, 0.25) is 0 Å². The van der Waals surface area contributed by atoms with Crippen LogP contribution in [0.4, 0.5) is 0 Å². The molecule has 2 aliphatic rings. The van der Waals surface area contributed by atoms with E-state index in [2.05, 4.69) is 21.3 Å². The molecular formula is C24H33N5O6. The monoisotopic (exact) mass is 487 g/mol. The summed E-state index contributed by atoms with van der Waals surface area (Å²) in [5.41, 5.74) is 0.650. The second-order valence-electron chi connectivity index (χ2n) is 8.87. The molecule has 0 radical (unpaired) electrons. The maximum Gasteiger partial charge on any atom is 0.245 e. The number of fused-ring (bicyclic) bond motifs is 1. The van der Waals surface area contributed by atoms with Gasteiger partial charge in [-0.05, 0) is 31.7 Å².